The van der Waals surface area contributed by atoms with Gasteiger partial charge in [0, 0.05) is 57.9 Å². The Balaban J connectivity index is 1.16. The average molecular weight is 515 g/mol. The van der Waals surface area contributed by atoms with E-state index in [-0.39, 0.29) is 11.8 Å². The van der Waals surface area contributed by atoms with Gasteiger partial charge >= 0.3 is 0 Å². The Morgan fingerprint density at radius 2 is 1.66 bits per heavy atom. The second kappa shape index (κ2) is 12.0. The summed E-state index contributed by atoms with van der Waals surface area (Å²) in [6, 6.07) is 18.6. The zero-order valence-electron chi connectivity index (χ0n) is 22.7. The Hall–Kier alpha value is -3.42. The van der Waals surface area contributed by atoms with Gasteiger partial charge in [-0.2, -0.15) is 0 Å². The molecule has 0 atom stereocenters. The highest BCUT2D eigenvalue weighted by Crippen LogP contribution is 2.35. The predicted molar refractivity (Wildman–Crippen MR) is 149 cm³/mol. The van der Waals surface area contributed by atoms with Crippen LogP contribution in [0.25, 0.3) is 0 Å². The van der Waals surface area contributed by atoms with Crippen LogP contribution < -0.4 is 9.47 Å². The number of likely N-dealkylation sites (N-methyl/N-ethyl adjacent to an activating group) is 1. The summed E-state index contributed by atoms with van der Waals surface area (Å²) in [5.74, 6) is 1.72. The Labute approximate surface area is 226 Å². The van der Waals surface area contributed by atoms with Gasteiger partial charge in [-0.15, -0.1) is 0 Å². The van der Waals surface area contributed by atoms with E-state index in [9.17, 15) is 4.79 Å². The lowest BCUT2D eigenvalue weighted by Gasteiger charge is -2.39. The first-order valence-electron chi connectivity index (χ1n) is 13.6. The number of methoxy groups -OCH3 is 1. The van der Waals surface area contributed by atoms with Gasteiger partial charge < -0.3 is 19.3 Å². The van der Waals surface area contributed by atoms with Crippen molar-refractivity contribution in [3.05, 3.63) is 88.7 Å². The lowest BCUT2D eigenvalue weighted by molar-refractivity contribution is 0.0595. The van der Waals surface area contributed by atoms with E-state index in [1.807, 2.05) is 29.2 Å². The first-order chi connectivity index (χ1) is 18.5. The van der Waals surface area contributed by atoms with Crippen molar-refractivity contribution in [3.8, 4) is 11.5 Å². The van der Waals surface area contributed by atoms with E-state index in [0.29, 0.717) is 25.4 Å². The van der Waals surface area contributed by atoms with Gasteiger partial charge in [-0.1, -0.05) is 37.3 Å². The summed E-state index contributed by atoms with van der Waals surface area (Å²) in [5, 5.41) is 0. The zero-order valence-corrected chi connectivity index (χ0v) is 22.7. The van der Waals surface area contributed by atoms with Crippen LogP contribution in [0.4, 0.5) is 0 Å². The monoisotopic (exact) mass is 514 g/mol. The van der Waals surface area contributed by atoms with Crippen molar-refractivity contribution < 1.29 is 14.3 Å². The molecule has 38 heavy (non-hydrogen) atoms. The van der Waals surface area contributed by atoms with E-state index in [0.717, 1.165) is 67.3 Å². The van der Waals surface area contributed by atoms with E-state index < -0.39 is 0 Å². The Morgan fingerprint density at radius 3 is 2.37 bits per heavy atom. The third-order valence-electron chi connectivity index (χ3n) is 7.70. The van der Waals surface area contributed by atoms with Gasteiger partial charge in [-0.3, -0.25) is 14.7 Å². The maximum atomic E-state index is 13.1. The molecule has 3 aromatic rings. The van der Waals surface area contributed by atoms with Crippen molar-refractivity contribution >= 4 is 5.91 Å². The van der Waals surface area contributed by atoms with E-state index in [4.69, 9.17) is 9.47 Å². The van der Waals surface area contributed by atoms with Crippen LogP contribution in [0.3, 0.4) is 0 Å². The van der Waals surface area contributed by atoms with Crippen LogP contribution in [-0.4, -0.2) is 79.0 Å². The maximum absolute atomic E-state index is 13.1. The molecule has 0 saturated carbocycles. The largest absolute Gasteiger partial charge is 0.493 e. The molecule has 0 spiro atoms. The average Bonchev–Trinajstić information content (AvgIpc) is 2.93. The van der Waals surface area contributed by atoms with E-state index >= 15 is 0 Å². The van der Waals surface area contributed by atoms with Crippen molar-refractivity contribution in [1.82, 2.24) is 19.7 Å². The fourth-order valence-electron chi connectivity index (χ4n) is 5.06. The third-order valence-corrected chi connectivity index (χ3v) is 7.70. The van der Waals surface area contributed by atoms with E-state index in [2.05, 4.69) is 59.1 Å². The molecule has 2 aliphatic heterocycles. The van der Waals surface area contributed by atoms with Crippen LogP contribution in [0.2, 0.25) is 0 Å². The van der Waals surface area contributed by atoms with Crippen molar-refractivity contribution in [3.63, 3.8) is 0 Å². The Kier molecular flexibility index (Phi) is 8.25. The van der Waals surface area contributed by atoms with Crippen LogP contribution in [0.1, 0.15) is 45.6 Å². The molecule has 2 saturated heterocycles. The summed E-state index contributed by atoms with van der Waals surface area (Å²) < 4.78 is 11.7. The molecule has 1 amide bonds. The van der Waals surface area contributed by atoms with Gasteiger partial charge in [0.2, 0.25) is 0 Å². The number of ether oxygens (including phenoxy) is 2. The Morgan fingerprint density at radius 1 is 0.921 bits per heavy atom. The molecule has 0 N–H and O–H groups in total. The minimum atomic E-state index is 0.00230. The molecule has 2 aliphatic rings. The quantitative estimate of drug-likeness (QED) is 0.426. The van der Waals surface area contributed by atoms with Crippen molar-refractivity contribution in [1.29, 1.82) is 0 Å². The van der Waals surface area contributed by atoms with E-state index in [1.54, 1.807) is 13.3 Å². The summed E-state index contributed by atoms with van der Waals surface area (Å²) in [4.78, 5) is 24.2. The SMILES string of the molecule is CCc1ccc(COc2ccc(C3CN(C(=O)c4cc(CN5CCN(C)CC5)ccn4)C3)cc2OC)cc1. The molecule has 1 aromatic heterocycles. The molecule has 3 heterocycles. The fraction of sp³-hybridized carbons (Fsp3) is 0.419. The van der Waals surface area contributed by atoms with E-state index in [1.165, 1.54) is 5.56 Å². The number of amides is 1. The van der Waals surface area contributed by atoms with Gasteiger partial charge in [0.05, 0.1) is 7.11 Å². The molecule has 5 rings (SSSR count). The number of benzene rings is 2. The second-order valence-electron chi connectivity index (χ2n) is 10.4. The predicted octanol–water partition coefficient (Wildman–Crippen LogP) is 4.22. The third kappa shape index (κ3) is 6.17. The number of rotatable bonds is 9. The number of pyridine rings is 1. The lowest BCUT2D eigenvalue weighted by atomic mass is 9.91. The highest BCUT2D eigenvalue weighted by Gasteiger charge is 2.33. The smallest absolute Gasteiger partial charge is 0.272 e. The number of aromatic nitrogens is 1. The summed E-state index contributed by atoms with van der Waals surface area (Å²) in [7, 11) is 3.83. The minimum Gasteiger partial charge on any atom is -0.493 e. The number of aryl methyl sites for hydroxylation is 1. The molecule has 2 fully saturated rings. The van der Waals surface area contributed by atoms with Crippen molar-refractivity contribution in [2.45, 2.75) is 32.4 Å². The van der Waals surface area contributed by atoms with Gasteiger partial charge in [0.15, 0.2) is 11.5 Å². The van der Waals surface area contributed by atoms with Gasteiger partial charge in [-0.05, 0) is 60.0 Å². The van der Waals surface area contributed by atoms with Gasteiger partial charge in [0.25, 0.3) is 5.91 Å². The molecule has 0 unspecified atom stereocenters. The van der Waals surface area contributed by atoms with Crippen LogP contribution in [0, 0.1) is 0 Å². The number of likely N-dealkylation sites (tertiary alicyclic amines) is 1. The summed E-state index contributed by atoms with van der Waals surface area (Å²) in [5.41, 5.74) is 5.28. The summed E-state index contributed by atoms with van der Waals surface area (Å²) >= 11 is 0. The van der Waals surface area contributed by atoms with Crippen LogP contribution in [0.15, 0.2) is 60.8 Å². The van der Waals surface area contributed by atoms with Crippen molar-refractivity contribution in [2.75, 3.05) is 53.4 Å². The van der Waals surface area contributed by atoms with Crippen LogP contribution >= 0.6 is 0 Å². The normalized spacial score (nSPS) is 16.8. The molecular weight excluding hydrogens is 476 g/mol. The van der Waals surface area contributed by atoms with Crippen LogP contribution in [0.5, 0.6) is 11.5 Å². The maximum Gasteiger partial charge on any atom is 0.272 e. The number of hydrogen-bond donors (Lipinski definition) is 0. The molecule has 200 valence electrons. The number of piperazine rings is 1. The van der Waals surface area contributed by atoms with Gasteiger partial charge in [0.1, 0.15) is 12.3 Å². The van der Waals surface area contributed by atoms with Gasteiger partial charge in [-0.25, -0.2) is 0 Å². The molecule has 0 bridgehead atoms. The molecule has 2 aromatic carbocycles. The molecule has 0 aliphatic carbocycles. The molecule has 7 heteroatoms. The number of carbonyl (C=O) groups is 1. The summed E-state index contributed by atoms with van der Waals surface area (Å²) in [6.07, 6.45) is 2.79. The van der Waals surface area contributed by atoms with Crippen molar-refractivity contribution in [2.24, 2.45) is 0 Å². The Bertz CT molecular complexity index is 1230. The topological polar surface area (TPSA) is 58.1 Å². The number of hydrogen-bond acceptors (Lipinski definition) is 6. The number of nitrogens with zero attached hydrogens (tertiary/aromatic N) is 4. The second-order valence-corrected chi connectivity index (χ2v) is 10.4. The fourth-order valence-corrected chi connectivity index (χ4v) is 5.06. The molecule has 7 nitrogen and oxygen atoms in total. The lowest BCUT2D eigenvalue weighted by Crippen LogP contribution is -2.48. The highest BCUT2D eigenvalue weighted by molar-refractivity contribution is 5.93. The first-order valence-corrected chi connectivity index (χ1v) is 13.6. The highest BCUT2D eigenvalue weighted by atomic mass is 16.5. The minimum absolute atomic E-state index is 0.00230. The number of carbonyl (C=O) groups excluding carboxylic acids is 1. The summed E-state index contributed by atoms with van der Waals surface area (Å²) in [6.45, 7) is 9.12. The standard InChI is InChI=1S/C31H38N4O3/c1-4-23-5-7-24(8-6-23)22-38-29-10-9-26(18-30(29)37-3)27-20-35(21-27)31(36)28-17-25(11-12-32-28)19-34-15-13-33(2)14-16-34/h5-12,17-18,27H,4,13-16,19-22H2,1-3H3. The zero-order chi connectivity index (χ0) is 26.5. The molecule has 0 radical (unpaired) electrons. The van der Waals surface area contributed by atoms with Crippen LogP contribution in [-0.2, 0) is 19.6 Å². The first kappa shape index (κ1) is 26.2. The molecular formula is C31H38N4O3.